The first-order valence-electron chi connectivity index (χ1n) is 32.0. The molecular weight excluding hydrogens is 973 g/mol. The molecule has 0 bridgehead atoms. The first-order valence-corrected chi connectivity index (χ1v) is 27.5. The third kappa shape index (κ3) is 9.84. The second-order valence-electron chi connectivity index (χ2n) is 24.2. The van der Waals surface area contributed by atoms with Crippen LogP contribution in [0.15, 0.2) is 218 Å². The van der Waals surface area contributed by atoms with Crippen LogP contribution in [0.4, 0.5) is 22.7 Å². The summed E-state index contributed by atoms with van der Waals surface area (Å²) in [5.74, 6) is -2.59. The summed E-state index contributed by atoms with van der Waals surface area (Å²) < 4.78 is 89.6. The van der Waals surface area contributed by atoms with Crippen LogP contribution in [-0.4, -0.2) is 16.2 Å². The zero-order chi connectivity index (χ0) is 63.3. The Bertz CT molecular complexity index is 4470. The molecule has 2 aromatic heterocycles. The normalized spacial score (nSPS) is 15.0. The van der Waals surface area contributed by atoms with Crippen molar-refractivity contribution in [2.75, 3.05) is 16.5 Å². The van der Waals surface area contributed by atoms with Crippen LogP contribution in [0.25, 0.3) is 72.1 Å². The van der Waals surface area contributed by atoms with Crippen molar-refractivity contribution in [3.05, 3.63) is 241 Å². The number of hydrogen-bond donors (Lipinski definition) is 0. The Balaban J connectivity index is 1.01. The van der Waals surface area contributed by atoms with Gasteiger partial charge in [0.1, 0.15) is 24.0 Å². The SMILES string of the molecule is [2H]c1nc(-n2c3ccc(-c4ccccc4)cc3c3ccc(Oc4cccc(N5CN(c6c(-c7ccccc7)cc(C(C)(C)C)cc6-c6cc(C(C)(C)C)cc(C(C)(C)C)c6)c6ccccc65)c4)cc32)c([2H])c(C([2H])(C([2H])([2H])[2H])C([2H])([2H])[2H])c1-c1ccccc1. The molecule has 80 heavy (non-hydrogen) atoms. The Morgan fingerprint density at radius 2 is 1.04 bits per heavy atom. The molecule has 0 radical (unpaired) electrons. The number of pyridine rings is 1. The summed E-state index contributed by atoms with van der Waals surface area (Å²) in [7, 11) is 0. The van der Waals surface area contributed by atoms with Crippen molar-refractivity contribution in [3.63, 3.8) is 0 Å². The highest BCUT2D eigenvalue weighted by molar-refractivity contribution is 6.11. The van der Waals surface area contributed by atoms with E-state index in [-0.39, 0.29) is 33.2 Å². The predicted octanol–water partition coefficient (Wildman–Crippen LogP) is 20.9. The van der Waals surface area contributed by atoms with Gasteiger partial charge < -0.3 is 14.5 Å². The van der Waals surface area contributed by atoms with Gasteiger partial charge in [-0.25, -0.2) is 4.98 Å². The molecule has 0 fully saturated rings. The lowest BCUT2D eigenvalue weighted by molar-refractivity contribution is 0.483. The van der Waals surface area contributed by atoms with E-state index in [4.69, 9.17) is 17.9 Å². The molecule has 0 N–H and O–H groups in total. The summed E-state index contributed by atoms with van der Waals surface area (Å²) >= 11 is 0. The molecule has 0 aliphatic carbocycles. The summed E-state index contributed by atoms with van der Waals surface area (Å²) in [5, 5.41) is 1.47. The van der Waals surface area contributed by atoms with Crippen LogP contribution in [0.5, 0.6) is 11.5 Å². The molecule has 9 aromatic carbocycles. The van der Waals surface area contributed by atoms with Gasteiger partial charge >= 0.3 is 0 Å². The van der Waals surface area contributed by atoms with Gasteiger partial charge in [0.15, 0.2) is 0 Å². The first kappa shape index (κ1) is 42.3. The van der Waals surface area contributed by atoms with Crippen LogP contribution in [0.2, 0.25) is 0 Å². The highest BCUT2D eigenvalue weighted by Crippen LogP contribution is 2.52. The molecule has 398 valence electrons. The largest absolute Gasteiger partial charge is 0.457 e. The van der Waals surface area contributed by atoms with Gasteiger partial charge in [0, 0.05) is 61.1 Å². The molecule has 3 heterocycles. The van der Waals surface area contributed by atoms with Gasteiger partial charge in [-0.2, -0.15) is 0 Å². The van der Waals surface area contributed by atoms with E-state index in [1.54, 1.807) is 34.9 Å². The molecule has 0 saturated heterocycles. The highest BCUT2D eigenvalue weighted by Gasteiger charge is 2.34. The van der Waals surface area contributed by atoms with E-state index >= 15 is 0 Å². The van der Waals surface area contributed by atoms with Crippen molar-refractivity contribution >= 4 is 44.6 Å². The molecule has 1 aliphatic heterocycles. The molecular formula is C75H72N4O. The van der Waals surface area contributed by atoms with Gasteiger partial charge in [-0.15, -0.1) is 0 Å². The van der Waals surface area contributed by atoms with Crippen LogP contribution >= 0.6 is 0 Å². The summed E-state index contributed by atoms with van der Waals surface area (Å²) in [5.41, 5.74) is 14.3. The minimum Gasteiger partial charge on any atom is -0.457 e. The van der Waals surface area contributed by atoms with E-state index in [1.807, 2.05) is 84.9 Å². The van der Waals surface area contributed by atoms with Crippen LogP contribution < -0.4 is 14.5 Å². The average Bonchev–Trinajstić information content (AvgIpc) is 1.73. The van der Waals surface area contributed by atoms with Gasteiger partial charge in [0.25, 0.3) is 0 Å². The fourth-order valence-corrected chi connectivity index (χ4v) is 11.1. The van der Waals surface area contributed by atoms with E-state index in [0.717, 1.165) is 66.9 Å². The quantitative estimate of drug-likeness (QED) is 0.137. The predicted molar refractivity (Wildman–Crippen MR) is 339 cm³/mol. The van der Waals surface area contributed by atoms with Crippen molar-refractivity contribution in [3.8, 4) is 61.8 Å². The number of hydrogen-bond acceptors (Lipinski definition) is 4. The van der Waals surface area contributed by atoms with Crippen LogP contribution in [0.1, 0.15) is 117 Å². The standard InChI is InChI=1S/C75H72N4O/c1-49(2)62-46-71(76-47-66(62)52-28-19-14-20-29-52)79-67-37-34-53(50-24-15-12-16-25-50)40-65(67)61-36-35-60(45-70(61)79)80-59-31-23-30-58(44-59)77-48-78(69-33-22-21-32-68(69)77)72-63(51-26-17-13-18-27-51)42-57(75(9,10)11)43-64(72)54-38-55(73(3,4)5)41-56(39-54)74(6,7)8/h12-47,49H,48H2,1-11H3/i1D3,2D3,46D,47D,49D. The molecule has 0 atom stereocenters. The summed E-state index contributed by atoms with van der Waals surface area (Å²) in [6, 6.07) is 68.2. The van der Waals surface area contributed by atoms with Crippen LogP contribution in [0.3, 0.4) is 0 Å². The minimum atomic E-state index is -3.47. The highest BCUT2D eigenvalue weighted by atomic mass is 16.5. The molecule has 0 saturated carbocycles. The lowest BCUT2D eigenvalue weighted by Crippen LogP contribution is -2.25. The first-order chi connectivity index (χ1) is 42.0. The fraction of sp³-hybridized carbons (Fsp3) is 0.213. The van der Waals surface area contributed by atoms with E-state index < -0.39 is 37.4 Å². The Morgan fingerprint density at radius 1 is 0.475 bits per heavy atom. The number of rotatable bonds is 10. The van der Waals surface area contributed by atoms with Crippen molar-refractivity contribution in [2.24, 2.45) is 0 Å². The van der Waals surface area contributed by atoms with Gasteiger partial charge in [0.05, 0.1) is 30.8 Å². The summed E-state index contributed by atoms with van der Waals surface area (Å²) in [4.78, 5) is 9.53. The van der Waals surface area contributed by atoms with Crippen molar-refractivity contribution in [1.29, 1.82) is 0 Å². The van der Waals surface area contributed by atoms with Crippen LogP contribution in [-0.2, 0) is 16.2 Å². The zero-order valence-corrected chi connectivity index (χ0v) is 47.0. The molecule has 5 heteroatoms. The Kier molecular flexibility index (Phi) is 10.7. The average molecular weight is 1050 g/mol. The molecule has 1 aliphatic rings. The van der Waals surface area contributed by atoms with E-state index in [2.05, 4.69) is 163 Å². The molecule has 0 unspecified atom stereocenters. The maximum Gasteiger partial charge on any atom is 0.137 e. The van der Waals surface area contributed by atoms with Gasteiger partial charge in [0.2, 0.25) is 0 Å². The van der Waals surface area contributed by atoms with Gasteiger partial charge in [-0.1, -0.05) is 209 Å². The minimum absolute atomic E-state index is 0.114. The molecule has 0 amide bonds. The van der Waals surface area contributed by atoms with E-state index in [1.165, 1.54) is 16.7 Å². The third-order valence-corrected chi connectivity index (χ3v) is 15.5. The van der Waals surface area contributed by atoms with Gasteiger partial charge in [-0.3, -0.25) is 4.57 Å². The summed E-state index contributed by atoms with van der Waals surface area (Å²) in [6.45, 7) is 14.1. The zero-order valence-electron chi connectivity index (χ0n) is 56.0. The molecule has 0 spiro atoms. The topological polar surface area (TPSA) is 33.5 Å². The molecule has 5 nitrogen and oxygen atoms in total. The van der Waals surface area contributed by atoms with E-state index in [9.17, 15) is 4.11 Å². The second-order valence-corrected chi connectivity index (χ2v) is 24.2. The number of aromatic nitrogens is 2. The van der Waals surface area contributed by atoms with Gasteiger partial charge in [-0.05, 0) is 139 Å². The maximum atomic E-state index is 9.99. The van der Waals surface area contributed by atoms with Crippen LogP contribution in [0, 0.1) is 0 Å². The second kappa shape index (κ2) is 20.2. The Labute approximate surface area is 486 Å². The molecule has 11 aromatic rings. The van der Waals surface area contributed by atoms with Crippen molar-refractivity contribution in [1.82, 2.24) is 9.55 Å². The molecule has 12 rings (SSSR count). The number of para-hydroxylation sites is 2. The lowest BCUT2D eigenvalue weighted by atomic mass is 9.77. The number of anilines is 4. The Morgan fingerprint density at radius 3 is 1.66 bits per heavy atom. The number of fused-ring (bicyclic) bond motifs is 4. The Hall–Kier alpha value is -8.67. The third-order valence-electron chi connectivity index (χ3n) is 15.5. The monoisotopic (exact) mass is 1050 g/mol. The van der Waals surface area contributed by atoms with Crippen molar-refractivity contribution < 1.29 is 17.1 Å². The number of ether oxygens (including phenoxy) is 1. The van der Waals surface area contributed by atoms with Crippen molar-refractivity contribution in [2.45, 2.75) is 98.2 Å². The fourth-order valence-electron chi connectivity index (χ4n) is 11.1. The smallest absolute Gasteiger partial charge is 0.137 e. The van der Waals surface area contributed by atoms with E-state index in [0.29, 0.717) is 29.2 Å². The maximum absolute atomic E-state index is 9.99. The lowest BCUT2D eigenvalue weighted by Gasteiger charge is -2.31. The summed E-state index contributed by atoms with van der Waals surface area (Å²) in [6.07, 6.45) is -0.483. The number of nitrogens with zero attached hydrogens (tertiary/aromatic N) is 4. The number of benzene rings is 9.